The van der Waals surface area contributed by atoms with E-state index < -0.39 is 11.9 Å². The van der Waals surface area contributed by atoms with Gasteiger partial charge in [-0.1, -0.05) is 31.7 Å². The number of allylic oxidation sites excluding steroid dienone is 2. The third kappa shape index (κ3) is 3.53. The van der Waals surface area contributed by atoms with Crippen LogP contribution in [0.2, 0.25) is 0 Å². The summed E-state index contributed by atoms with van der Waals surface area (Å²) in [5.74, 6) is -1.59. The monoisotopic (exact) mass is 125 g/mol. The van der Waals surface area contributed by atoms with Gasteiger partial charge in [0, 0.05) is 11.9 Å². The van der Waals surface area contributed by atoms with E-state index in [0.29, 0.717) is 0 Å². The van der Waals surface area contributed by atoms with Gasteiger partial charge >= 0.3 is 0 Å². The van der Waals surface area contributed by atoms with Crippen LogP contribution in [0, 0.1) is 5.92 Å². The Morgan fingerprint density at radius 1 is 1.78 bits per heavy atom. The van der Waals surface area contributed by atoms with Gasteiger partial charge in [-0.3, -0.25) is 0 Å². The van der Waals surface area contributed by atoms with Crippen molar-refractivity contribution in [3.8, 4) is 0 Å². The molecule has 2 heteroatoms. The van der Waals surface area contributed by atoms with Crippen LogP contribution in [0.5, 0.6) is 0 Å². The van der Waals surface area contributed by atoms with Gasteiger partial charge in [0.05, 0.1) is 0 Å². The molecule has 0 fully saturated rings. The first kappa shape index (κ1) is 7.95. The average Bonchev–Trinajstić information content (AvgIpc) is 1.82. The number of carbonyl (C=O) groups excluding carboxylic acids is 1. The van der Waals surface area contributed by atoms with E-state index in [9.17, 15) is 9.90 Å². The standard InChI is InChI=1S/C7H10O2/c1-3-4-5-6(2)7(8)9/h3-6H,1H2,2H3,(H,8,9)/p-1/b5-4+. The van der Waals surface area contributed by atoms with E-state index >= 15 is 0 Å². The van der Waals surface area contributed by atoms with Crippen molar-refractivity contribution in [1.82, 2.24) is 0 Å². The van der Waals surface area contributed by atoms with Crippen molar-refractivity contribution in [3.05, 3.63) is 24.8 Å². The van der Waals surface area contributed by atoms with Crippen molar-refractivity contribution in [1.29, 1.82) is 0 Å². The maximum absolute atomic E-state index is 10.0. The van der Waals surface area contributed by atoms with Gasteiger partial charge in [-0.05, 0) is 0 Å². The van der Waals surface area contributed by atoms with Crippen LogP contribution < -0.4 is 5.11 Å². The Morgan fingerprint density at radius 2 is 2.33 bits per heavy atom. The molecular weight excluding hydrogens is 116 g/mol. The van der Waals surface area contributed by atoms with Gasteiger partial charge in [0.1, 0.15) is 0 Å². The van der Waals surface area contributed by atoms with E-state index in [1.807, 2.05) is 0 Å². The molecule has 0 bridgehead atoms. The fourth-order valence-electron chi connectivity index (χ4n) is 0.324. The molecule has 1 unspecified atom stereocenters. The summed E-state index contributed by atoms with van der Waals surface area (Å²) in [4.78, 5) is 10.0. The van der Waals surface area contributed by atoms with E-state index in [1.165, 1.54) is 12.2 Å². The summed E-state index contributed by atoms with van der Waals surface area (Å²) in [6, 6.07) is 0. The molecule has 9 heavy (non-hydrogen) atoms. The molecule has 0 saturated carbocycles. The van der Waals surface area contributed by atoms with Crippen LogP contribution in [0.3, 0.4) is 0 Å². The van der Waals surface area contributed by atoms with Gasteiger partial charge in [-0.25, -0.2) is 0 Å². The predicted molar refractivity (Wildman–Crippen MR) is 33.5 cm³/mol. The number of rotatable bonds is 3. The summed E-state index contributed by atoms with van der Waals surface area (Å²) in [7, 11) is 0. The van der Waals surface area contributed by atoms with E-state index in [1.54, 1.807) is 13.0 Å². The Hall–Kier alpha value is -1.05. The highest BCUT2D eigenvalue weighted by Gasteiger charge is 1.92. The number of aliphatic carboxylic acids is 1. The van der Waals surface area contributed by atoms with Gasteiger partial charge < -0.3 is 9.90 Å². The molecular formula is C7H9O2-. The summed E-state index contributed by atoms with van der Waals surface area (Å²) >= 11 is 0. The van der Waals surface area contributed by atoms with Gasteiger partial charge in [0.25, 0.3) is 0 Å². The molecule has 50 valence electrons. The van der Waals surface area contributed by atoms with Crippen molar-refractivity contribution >= 4 is 5.97 Å². The molecule has 0 aromatic heterocycles. The summed E-state index contributed by atoms with van der Waals surface area (Å²) in [5, 5.41) is 10.0. The van der Waals surface area contributed by atoms with Crippen LogP contribution in [-0.2, 0) is 4.79 Å². The van der Waals surface area contributed by atoms with Crippen LogP contribution >= 0.6 is 0 Å². The highest BCUT2D eigenvalue weighted by Crippen LogP contribution is 1.93. The fraction of sp³-hybridized carbons (Fsp3) is 0.286. The molecule has 2 nitrogen and oxygen atoms in total. The van der Waals surface area contributed by atoms with Crippen LogP contribution in [0.25, 0.3) is 0 Å². The molecule has 0 spiro atoms. The summed E-state index contributed by atoms with van der Waals surface area (Å²) in [6.45, 7) is 4.94. The molecule has 0 heterocycles. The van der Waals surface area contributed by atoms with Gasteiger partial charge in [0.15, 0.2) is 0 Å². The third-order valence-corrected chi connectivity index (χ3v) is 0.908. The van der Waals surface area contributed by atoms with Crippen LogP contribution in [-0.4, -0.2) is 5.97 Å². The first-order valence-electron chi connectivity index (χ1n) is 2.68. The zero-order valence-electron chi connectivity index (χ0n) is 5.33. The fourth-order valence-corrected chi connectivity index (χ4v) is 0.324. The van der Waals surface area contributed by atoms with Gasteiger partial charge in [-0.2, -0.15) is 0 Å². The molecule has 0 aromatic rings. The molecule has 0 radical (unpaired) electrons. The number of carbonyl (C=O) groups is 1. The maximum Gasteiger partial charge on any atom is 0.0480 e. The van der Waals surface area contributed by atoms with E-state index in [-0.39, 0.29) is 0 Å². The van der Waals surface area contributed by atoms with Crippen molar-refractivity contribution in [2.75, 3.05) is 0 Å². The highest BCUT2D eigenvalue weighted by atomic mass is 16.4. The van der Waals surface area contributed by atoms with Crippen LogP contribution in [0.1, 0.15) is 6.92 Å². The molecule has 0 aliphatic heterocycles. The second kappa shape index (κ2) is 3.89. The molecule has 1 atom stereocenters. The van der Waals surface area contributed by atoms with Gasteiger partial charge in [0.2, 0.25) is 0 Å². The molecule has 0 aromatic carbocycles. The Kier molecular flexibility index (Phi) is 3.44. The molecule has 0 aliphatic rings. The SMILES string of the molecule is C=C/C=C/C(C)C(=O)[O-]. The molecule has 0 N–H and O–H groups in total. The molecule has 0 rings (SSSR count). The first-order valence-corrected chi connectivity index (χ1v) is 2.68. The van der Waals surface area contributed by atoms with E-state index in [4.69, 9.17) is 0 Å². The quantitative estimate of drug-likeness (QED) is 0.502. The Labute approximate surface area is 54.5 Å². The lowest BCUT2D eigenvalue weighted by molar-refractivity contribution is -0.309. The first-order chi connectivity index (χ1) is 4.18. The number of hydrogen-bond acceptors (Lipinski definition) is 2. The minimum atomic E-state index is -1.06. The highest BCUT2D eigenvalue weighted by molar-refractivity contribution is 5.69. The minimum absolute atomic E-state index is 0.525. The van der Waals surface area contributed by atoms with Crippen molar-refractivity contribution in [3.63, 3.8) is 0 Å². The Morgan fingerprint density at radius 3 is 2.67 bits per heavy atom. The summed E-state index contributed by atoms with van der Waals surface area (Å²) in [6.07, 6.45) is 4.63. The second-order valence-electron chi connectivity index (χ2n) is 1.73. The molecule has 0 saturated heterocycles. The van der Waals surface area contributed by atoms with Crippen molar-refractivity contribution in [2.24, 2.45) is 5.92 Å². The van der Waals surface area contributed by atoms with Crippen molar-refractivity contribution < 1.29 is 9.90 Å². The normalized spacial score (nSPS) is 13.4. The van der Waals surface area contributed by atoms with E-state index in [2.05, 4.69) is 6.58 Å². The Bertz CT molecular complexity index is 136. The average molecular weight is 125 g/mol. The molecule has 0 amide bonds. The second-order valence-corrected chi connectivity index (χ2v) is 1.73. The molecule has 0 aliphatic carbocycles. The van der Waals surface area contributed by atoms with Crippen LogP contribution in [0.4, 0.5) is 0 Å². The predicted octanol–water partition coefficient (Wildman–Crippen LogP) is 0.115. The zero-order valence-corrected chi connectivity index (χ0v) is 5.33. The number of carboxylic acid groups (broad SMARTS) is 1. The smallest absolute Gasteiger partial charge is 0.0480 e. The van der Waals surface area contributed by atoms with Crippen LogP contribution in [0.15, 0.2) is 24.8 Å². The van der Waals surface area contributed by atoms with Crippen molar-refractivity contribution in [2.45, 2.75) is 6.92 Å². The third-order valence-electron chi connectivity index (χ3n) is 0.908. The van der Waals surface area contributed by atoms with Gasteiger partial charge in [-0.15, -0.1) is 0 Å². The zero-order chi connectivity index (χ0) is 7.28. The number of carboxylic acids is 1. The summed E-state index contributed by atoms with van der Waals surface area (Å²) in [5.41, 5.74) is 0. The lowest BCUT2D eigenvalue weighted by atomic mass is 10.2. The van der Waals surface area contributed by atoms with E-state index in [0.717, 1.165) is 0 Å². The topological polar surface area (TPSA) is 40.1 Å². The maximum atomic E-state index is 10.0. The minimum Gasteiger partial charge on any atom is -0.550 e. The number of hydrogen-bond donors (Lipinski definition) is 0. The largest absolute Gasteiger partial charge is 0.550 e. The summed E-state index contributed by atoms with van der Waals surface area (Å²) < 4.78 is 0. The lowest BCUT2D eigenvalue weighted by Crippen LogP contribution is -2.28. The Balaban J connectivity index is 3.75. The lowest BCUT2D eigenvalue weighted by Gasteiger charge is -2.04.